The summed E-state index contributed by atoms with van der Waals surface area (Å²) in [5, 5.41) is 3.57. The van der Waals surface area contributed by atoms with Crippen molar-refractivity contribution in [1.82, 2.24) is 10.2 Å². The summed E-state index contributed by atoms with van der Waals surface area (Å²) in [6.07, 6.45) is 2.75. The maximum atomic E-state index is 3.57. The molecule has 1 rings (SSSR count). The molecule has 0 aromatic carbocycles. The maximum absolute atomic E-state index is 3.57. The molecule has 2 heteroatoms. The van der Waals surface area contributed by atoms with Crippen LogP contribution in [0.15, 0.2) is 0 Å². The van der Waals surface area contributed by atoms with Gasteiger partial charge >= 0.3 is 0 Å². The first-order valence-electron chi connectivity index (χ1n) is 6.85. The molecule has 1 aliphatic rings. The average molecular weight is 226 g/mol. The molecule has 16 heavy (non-hydrogen) atoms. The molecule has 2 nitrogen and oxygen atoms in total. The van der Waals surface area contributed by atoms with Crippen molar-refractivity contribution >= 4 is 0 Å². The summed E-state index contributed by atoms with van der Waals surface area (Å²) >= 11 is 0. The molecule has 1 heterocycles. The number of nitrogens with one attached hydrogen (secondary N) is 1. The molecule has 0 aliphatic carbocycles. The second kappa shape index (κ2) is 6.02. The third-order valence-corrected chi connectivity index (χ3v) is 3.55. The van der Waals surface area contributed by atoms with Gasteiger partial charge in [-0.2, -0.15) is 0 Å². The van der Waals surface area contributed by atoms with Gasteiger partial charge in [0, 0.05) is 19.1 Å². The van der Waals surface area contributed by atoms with E-state index in [1.807, 2.05) is 0 Å². The van der Waals surface area contributed by atoms with Crippen LogP contribution in [-0.4, -0.2) is 37.1 Å². The number of piperidine rings is 1. The topological polar surface area (TPSA) is 15.3 Å². The van der Waals surface area contributed by atoms with Crippen molar-refractivity contribution in [2.45, 2.75) is 53.5 Å². The van der Waals surface area contributed by atoms with Crippen molar-refractivity contribution < 1.29 is 0 Å². The molecule has 0 radical (unpaired) electrons. The highest BCUT2D eigenvalue weighted by Gasteiger charge is 2.28. The molecule has 1 saturated heterocycles. The first kappa shape index (κ1) is 14.0. The fourth-order valence-electron chi connectivity index (χ4n) is 2.55. The van der Waals surface area contributed by atoms with Gasteiger partial charge in [-0.15, -0.1) is 0 Å². The van der Waals surface area contributed by atoms with Crippen LogP contribution in [0.1, 0.15) is 47.5 Å². The van der Waals surface area contributed by atoms with E-state index in [0.29, 0.717) is 11.5 Å². The number of likely N-dealkylation sites (tertiary alicyclic amines) is 1. The van der Waals surface area contributed by atoms with E-state index in [2.05, 4.69) is 44.8 Å². The fraction of sp³-hybridized carbons (Fsp3) is 1.00. The van der Waals surface area contributed by atoms with Crippen molar-refractivity contribution in [1.29, 1.82) is 0 Å². The van der Waals surface area contributed by atoms with Crippen LogP contribution in [0.3, 0.4) is 0 Å². The SMILES string of the molecule is CC(C)CNCC(C)N1CCCC(C)(C)C1. The Morgan fingerprint density at radius 1 is 1.19 bits per heavy atom. The molecular weight excluding hydrogens is 196 g/mol. The lowest BCUT2D eigenvalue weighted by Crippen LogP contribution is -2.48. The number of rotatable bonds is 5. The predicted octanol–water partition coefficient (Wildman–Crippen LogP) is 2.74. The van der Waals surface area contributed by atoms with Gasteiger partial charge in [0.25, 0.3) is 0 Å². The normalized spacial score (nSPS) is 23.6. The number of hydrogen-bond acceptors (Lipinski definition) is 2. The first-order chi connectivity index (χ1) is 7.41. The van der Waals surface area contributed by atoms with Crippen molar-refractivity contribution in [3.05, 3.63) is 0 Å². The van der Waals surface area contributed by atoms with E-state index in [0.717, 1.165) is 19.0 Å². The number of nitrogens with zero attached hydrogens (tertiary/aromatic N) is 1. The van der Waals surface area contributed by atoms with Gasteiger partial charge < -0.3 is 5.32 Å². The van der Waals surface area contributed by atoms with E-state index in [1.165, 1.54) is 25.9 Å². The molecule has 0 saturated carbocycles. The fourth-order valence-corrected chi connectivity index (χ4v) is 2.55. The van der Waals surface area contributed by atoms with Crippen molar-refractivity contribution in [3.8, 4) is 0 Å². The summed E-state index contributed by atoms with van der Waals surface area (Å²) in [7, 11) is 0. The average Bonchev–Trinajstić information content (AvgIpc) is 2.15. The molecule has 1 N–H and O–H groups in total. The third-order valence-electron chi connectivity index (χ3n) is 3.55. The Morgan fingerprint density at radius 2 is 1.88 bits per heavy atom. The summed E-state index contributed by atoms with van der Waals surface area (Å²) in [6.45, 7) is 16.5. The molecule has 0 amide bonds. The zero-order valence-electron chi connectivity index (χ0n) is 11.8. The van der Waals surface area contributed by atoms with E-state index in [9.17, 15) is 0 Å². The maximum Gasteiger partial charge on any atom is 0.0192 e. The lowest BCUT2D eigenvalue weighted by Gasteiger charge is -2.41. The van der Waals surface area contributed by atoms with E-state index < -0.39 is 0 Å². The van der Waals surface area contributed by atoms with Gasteiger partial charge in [-0.1, -0.05) is 27.7 Å². The molecule has 1 atom stereocenters. The van der Waals surface area contributed by atoms with Crippen molar-refractivity contribution in [2.24, 2.45) is 11.3 Å². The minimum atomic E-state index is 0.518. The van der Waals surface area contributed by atoms with Crippen LogP contribution in [0.25, 0.3) is 0 Å². The summed E-state index contributed by atoms with van der Waals surface area (Å²) in [4.78, 5) is 2.65. The van der Waals surface area contributed by atoms with Crippen molar-refractivity contribution in [2.75, 3.05) is 26.2 Å². The monoisotopic (exact) mass is 226 g/mol. The Morgan fingerprint density at radius 3 is 2.44 bits per heavy atom. The minimum absolute atomic E-state index is 0.518. The predicted molar refractivity (Wildman–Crippen MR) is 71.8 cm³/mol. The van der Waals surface area contributed by atoms with Gasteiger partial charge in [-0.25, -0.2) is 0 Å². The zero-order chi connectivity index (χ0) is 12.2. The van der Waals surface area contributed by atoms with Crippen LogP contribution in [0.2, 0.25) is 0 Å². The van der Waals surface area contributed by atoms with Gasteiger partial charge in [-0.05, 0) is 44.2 Å². The van der Waals surface area contributed by atoms with Gasteiger partial charge in [0.2, 0.25) is 0 Å². The smallest absolute Gasteiger partial charge is 0.0192 e. The molecule has 0 aromatic rings. The molecule has 1 aliphatic heterocycles. The Labute approximate surface area is 102 Å². The largest absolute Gasteiger partial charge is 0.315 e. The quantitative estimate of drug-likeness (QED) is 0.775. The summed E-state index contributed by atoms with van der Waals surface area (Å²) in [6, 6.07) is 0.679. The second-order valence-corrected chi connectivity index (χ2v) is 6.64. The Bertz CT molecular complexity index is 199. The van der Waals surface area contributed by atoms with Gasteiger partial charge in [0.1, 0.15) is 0 Å². The van der Waals surface area contributed by atoms with Gasteiger partial charge in [0.15, 0.2) is 0 Å². The van der Waals surface area contributed by atoms with E-state index in [1.54, 1.807) is 0 Å². The summed E-state index contributed by atoms with van der Waals surface area (Å²) in [5.41, 5.74) is 0.518. The molecule has 0 aromatic heterocycles. The van der Waals surface area contributed by atoms with Gasteiger partial charge in [0.05, 0.1) is 0 Å². The third kappa shape index (κ3) is 4.84. The van der Waals surface area contributed by atoms with Crippen LogP contribution in [-0.2, 0) is 0 Å². The first-order valence-corrected chi connectivity index (χ1v) is 6.85. The highest BCUT2D eigenvalue weighted by atomic mass is 15.2. The summed E-state index contributed by atoms with van der Waals surface area (Å²) in [5.74, 6) is 0.755. The molecule has 96 valence electrons. The van der Waals surface area contributed by atoms with Crippen LogP contribution >= 0.6 is 0 Å². The van der Waals surface area contributed by atoms with Crippen LogP contribution in [0, 0.1) is 11.3 Å². The molecule has 0 bridgehead atoms. The Hall–Kier alpha value is -0.0800. The summed E-state index contributed by atoms with van der Waals surface area (Å²) < 4.78 is 0. The van der Waals surface area contributed by atoms with Crippen LogP contribution in [0.5, 0.6) is 0 Å². The molecule has 0 spiro atoms. The number of hydrogen-bond donors (Lipinski definition) is 1. The molecule has 1 fully saturated rings. The highest BCUT2D eigenvalue weighted by molar-refractivity contribution is 4.83. The zero-order valence-corrected chi connectivity index (χ0v) is 11.8. The van der Waals surface area contributed by atoms with E-state index >= 15 is 0 Å². The minimum Gasteiger partial charge on any atom is -0.315 e. The van der Waals surface area contributed by atoms with Crippen molar-refractivity contribution in [3.63, 3.8) is 0 Å². The molecule has 1 unspecified atom stereocenters. The Kier molecular flexibility index (Phi) is 5.26. The highest BCUT2D eigenvalue weighted by Crippen LogP contribution is 2.29. The van der Waals surface area contributed by atoms with Gasteiger partial charge in [-0.3, -0.25) is 4.90 Å². The van der Waals surface area contributed by atoms with E-state index in [-0.39, 0.29) is 0 Å². The van der Waals surface area contributed by atoms with Crippen LogP contribution in [0.4, 0.5) is 0 Å². The second-order valence-electron chi connectivity index (χ2n) is 6.64. The Balaban J connectivity index is 2.27. The lowest BCUT2D eigenvalue weighted by atomic mass is 9.83. The standard InChI is InChI=1S/C14H30N2/c1-12(2)9-15-10-13(3)16-8-6-7-14(4,5)11-16/h12-13,15H,6-11H2,1-5H3. The van der Waals surface area contributed by atoms with E-state index in [4.69, 9.17) is 0 Å². The lowest BCUT2D eigenvalue weighted by molar-refractivity contribution is 0.0840. The molecular formula is C14H30N2. The van der Waals surface area contributed by atoms with Crippen LogP contribution < -0.4 is 5.32 Å².